The normalized spacial score (nSPS) is 17.5. The van der Waals surface area contributed by atoms with Gasteiger partial charge in [0.25, 0.3) is 0 Å². The van der Waals surface area contributed by atoms with Crippen molar-refractivity contribution in [2.75, 3.05) is 0 Å². The van der Waals surface area contributed by atoms with Crippen LogP contribution in [0.2, 0.25) is 0 Å². The van der Waals surface area contributed by atoms with Crippen molar-refractivity contribution >= 4 is 12.6 Å². The number of benzene rings is 3. The topological polar surface area (TPSA) is 18.5 Å². The zero-order valence-corrected chi connectivity index (χ0v) is 18.2. The summed E-state index contributed by atoms with van der Waals surface area (Å²) in [5, 5.41) is 0. The van der Waals surface area contributed by atoms with Crippen LogP contribution in [0.3, 0.4) is 0 Å². The largest absolute Gasteiger partial charge is 0.494 e. The minimum absolute atomic E-state index is 0.361. The van der Waals surface area contributed by atoms with E-state index in [9.17, 15) is 0 Å². The second-order valence-electron chi connectivity index (χ2n) is 9.17. The van der Waals surface area contributed by atoms with Crippen molar-refractivity contribution in [1.29, 1.82) is 0 Å². The zero-order chi connectivity index (χ0) is 20.8. The fourth-order valence-corrected chi connectivity index (χ4v) is 3.75. The summed E-state index contributed by atoms with van der Waals surface area (Å²) in [5.41, 5.74) is 7.60. The standard InChI is InChI=1S/C26H29BO2/c1-18-9-7-11-20(13-18)22-15-23(21-12-8-10-19(2)14-21)17-24(16-22)27-28-25(3,4)26(5,6)29-27/h7-17H,1-6H3. The van der Waals surface area contributed by atoms with E-state index in [1.165, 1.54) is 33.4 Å². The monoisotopic (exact) mass is 384 g/mol. The third kappa shape index (κ3) is 3.90. The molecular weight excluding hydrogens is 355 g/mol. The van der Waals surface area contributed by atoms with Crippen LogP contribution in [0.4, 0.5) is 0 Å². The van der Waals surface area contributed by atoms with Crippen LogP contribution in [0.1, 0.15) is 38.8 Å². The molecule has 148 valence electrons. The molecule has 1 saturated heterocycles. The molecule has 3 heteroatoms. The van der Waals surface area contributed by atoms with Crippen LogP contribution in [0.25, 0.3) is 22.3 Å². The molecule has 1 aliphatic heterocycles. The zero-order valence-electron chi connectivity index (χ0n) is 18.2. The van der Waals surface area contributed by atoms with Crippen molar-refractivity contribution in [2.45, 2.75) is 52.7 Å². The minimum atomic E-state index is -0.381. The van der Waals surface area contributed by atoms with Gasteiger partial charge in [-0.3, -0.25) is 0 Å². The van der Waals surface area contributed by atoms with Crippen LogP contribution in [-0.4, -0.2) is 18.3 Å². The fraction of sp³-hybridized carbons (Fsp3) is 0.308. The van der Waals surface area contributed by atoms with Gasteiger partial charge in [-0.05, 0) is 75.3 Å². The van der Waals surface area contributed by atoms with E-state index in [0.717, 1.165) is 5.46 Å². The van der Waals surface area contributed by atoms with Gasteiger partial charge < -0.3 is 9.31 Å². The van der Waals surface area contributed by atoms with Crippen LogP contribution in [0.5, 0.6) is 0 Å². The third-order valence-corrected chi connectivity index (χ3v) is 6.18. The molecular formula is C26H29BO2. The Balaban J connectivity index is 1.85. The van der Waals surface area contributed by atoms with Crippen molar-refractivity contribution in [3.63, 3.8) is 0 Å². The third-order valence-electron chi connectivity index (χ3n) is 6.18. The van der Waals surface area contributed by atoms with E-state index in [1.807, 2.05) is 0 Å². The van der Waals surface area contributed by atoms with Gasteiger partial charge in [0.05, 0.1) is 11.2 Å². The summed E-state index contributed by atoms with van der Waals surface area (Å²) in [4.78, 5) is 0. The SMILES string of the molecule is Cc1cccc(-c2cc(B3OC(C)(C)C(C)(C)O3)cc(-c3cccc(C)c3)c2)c1. The first-order valence-electron chi connectivity index (χ1n) is 10.3. The van der Waals surface area contributed by atoms with Crippen molar-refractivity contribution < 1.29 is 9.31 Å². The Morgan fingerprint density at radius 2 is 1.03 bits per heavy atom. The van der Waals surface area contributed by atoms with Crippen LogP contribution in [0.15, 0.2) is 66.7 Å². The van der Waals surface area contributed by atoms with Gasteiger partial charge in [-0.25, -0.2) is 0 Å². The second-order valence-corrected chi connectivity index (χ2v) is 9.17. The lowest BCUT2D eigenvalue weighted by Crippen LogP contribution is -2.41. The first-order chi connectivity index (χ1) is 13.6. The van der Waals surface area contributed by atoms with Crippen molar-refractivity contribution in [2.24, 2.45) is 0 Å². The predicted molar refractivity (Wildman–Crippen MR) is 123 cm³/mol. The van der Waals surface area contributed by atoms with E-state index in [2.05, 4.69) is 108 Å². The summed E-state index contributed by atoms with van der Waals surface area (Å²) in [6, 6.07) is 23.9. The first-order valence-corrected chi connectivity index (χ1v) is 10.3. The highest BCUT2D eigenvalue weighted by atomic mass is 16.7. The highest BCUT2D eigenvalue weighted by molar-refractivity contribution is 6.62. The molecule has 1 aliphatic rings. The van der Waals surface area contributed by atoms with Gasteiger partial charge in [0.15, 0.2) is 0 Å². The van der Waals surface area contributed by atoms with Gasteiger partial charge in [0.1, 0.15) is 0 Å². The molecule has 0 aromatic heterocycles. The maximum atomic E-state index is 6.36. The highest BCUT2D eigenvalue weighted by Crippen LogP contribution is 2.37. The average molecular weight is 384 g/mol. The predicted octanol–water partition coefficient (Wildman–Crippen LogP) is 5.94. The molecule has 0 spiro atoms. The molecule has 0 N–H and O–H groups in total. The van der Waals surface area contributed by atoms with Gasteiger partial charge in [-0.2, -0.15) is 0 Å². The maximum absolute atomic E-state index is 6.36. The molecule has 2 nitrogen and oxygen atoms in total. The summed E-state index contributed by atoms with van der Waals surface area (Å²) < 4.78 is 12.7. The number of rotatable bonds is 3. The second kappa shape index (κ2) is 7.16. The van der Waals surface area contributed by atoms with Crippen molar-refractivity contribution in [1.82, 2.24) is 0 Å². The smallest absolute Gasteiger partial charge is 0.399 e. The summed E-state index contributed by atoms with van der Waals surface area (Å²) in [6.45, 7) is 12.6. The van der Waals surface area contributed by atoms with Crippen LogP contribution in [0, 0.1) is 13.8 Å². The summed E-state index contributed by atoms with van der Waals surface area (Å²) >= 11 is 0. The van der Waals surface area contributed by atoms with Gasteiger partial charge in [0.2, 0.25) is 0 Å². The Hall–Kier alpha value is -2.36. The first kappa shape index (κ1) is 19.9. The van der Waals surface area contributed by atoms with Crippen molar-refractivity contribution in [3.05, 3.63) is 77.9 Å². The number of aryl methyl sites for hydroxylation is 2. The molecule has 0 unspecified atom stereocenters. The lowest BCUT2D eigenvalue weighted by Gasteiger charge is -2.32. The van der Waals surface area contributed by atoms with Crippen LogP contribution >= 0.6 is 0 Å². The van der Waals surface area contributed by atoms with E-state index in [4.69, 9.17) is 9.31 Å². The summed E-state index contributed by atoms with van der Waals surface area (Å²) in [5.74, 6) is 0. The molecule has 0 radical (unpaired) electrons. The summed E-state index contributed by atoms with van der Waals surface area (Å²) in [6.07, 6.45) is 0. The molecule has 0 amide bonds. The molecule has 3 aromatic rings. The van der Waals surface area contributed by atoms with E-state index in [0.29, 0.717) is 0 Å². The van der Waals surface area contributed by atoms with Gasteiger partial charge in [-0.1, -0.05) is 71.8 Å². The Bertz CT molecular complexity index is 972. The average Bonchev–Trinajstić information content (AvgIpc) is 2.89. The molecule has 0 bridgehead atoms. The molecule has 29 heavy (non-hydrogen) atoms. The minimum Gasteiger partial charge on any atom is -0.399 e. The lowest BCUT2D eigenvalue weighted by atomic mass is 9.76. The Kier molecular flexibility index (Phi) is 4.92. The molecule has 0 saturated carbocycles. The quantitative estimate of drug-likeness (QED) is 0.521. The van der Waals surface area contributed by atoms with E-state index >= 15 is 0 Å². The fourth-order valence-electron chi connectivity index (χ4n) is 3.75. The van der Waals surface area contributed by atoms with Gasteiger partial charge >= 0.3 is 7.12 Å². The van der Waals surface area contributed by atoms with Crippen LogP contribution in [-0.2, 0) is 9.31 Å². The highest BCUT2D eigenvalue weighted by Gasteiger charge is 2.51. The van der Waals surface area contributed by atoms with Crippen molar-refractivity contribution in [3.8, 4) is 22.3 Å². The molecule has 1 heterocycles. The Labute approximate surface area is 175 Å². The van der Waals surface area contributed by atoms with Gasteiger partial charge in [0, 0.05) is 0 Å². The summed E-state index contributed by atoms with van der Waals surface area (Å²) in [7, 11) is -0.381. The molecule has 1 fully saturated rings. The molecule has 3 aromatic carbocycles. The van der Waals surface area contributed by atoms with Gasteiger partial charge in [-0.15, -0.1) is 0 Å². The van der Waals surface area contributed by atoms with E-state index < -0.39 is 0 Å². The Morgan fingerprint density at radius 1 is 0.586 bits per heavy atom. The van der Waals surface area contributed by atoms with E-state index in [1.54, 1.807) is 0 Å². The molecule has 0 aliphatic carbocycles. The van der Waals surface area contributed by atoms with E-state index in [-0.39, 0.29) is 18.3 Å². The molecule has 0 atom stereocenters. The lowest BCUT2D eigenvalue weighted by molar-refractivity contribution is 0.00578. The number of hydrogen-bond donors (Lipinski definition) is 0. The Morgan fingerprint density at radius 3 is 1.45 bits per heavy atom. The maximum Gasteiger partial charge on any atom is 0.494 e. The number of hydrogen-bond acceptors (Lipinski definition) is 2. The van der Waals surface area contributed by atoms with Crippen LogP contribution < -0.4 is 5.46 Å². The molecule has 4 rings (SSSR count).